The number of hydrogen-bond acceptors (Lipinski definition) is 6. The molecule has 0 spiro atoms. The van der Waals surface area contributed by atoms with E-state index in [9.17, 15) is 9.18 Å². The zero-order valence-electron chi connectivity index (χ0n) is 21.4. The number of nitrogens with one attached hydrogen (secondary N) is 1. The lowest BCUT2D eigenvalue weighted by Gasteiger charge is -2.28. The van der Waals surface area contributed by atoms with Crippen LogP contribution >= 0.6 is 11.8 Å². The maximum absolute atomic E-state index is 13.6. The summed E-state index contributed by atoms with van der Waals surface area (Å²) in [7, 11) is 0. The van der Waals surface area contributed by atoms with Crippen molar-refractivity contribution in [1.29, 1.82) is 0 Å². The van der Waals surface area contributed by atoms with Gasteiger partial charge in [0.15, 0.2) is 5.54 Å². The first-order valence-corrected chi connectivity index (χ1v) is 13.9. The number of hydrogen-bond donors (Lipinski definition) is 2. The molecule has 1 aliphatic rings. The van der Waals surface area contributed by atoms with Gasteiger partial charge in [0.05, 0.1) is 6.61 Å². The van der Waals surface area contributed by atoms with Crippen LogP contribution in [0.25, 0.3) is 0 Å². The van der Waals surface area contributed by atoms with E-state index in [-0.39, 0.29) is 18.3 Å². The van der Waals surface area contributed by atoms with Crippen LogP contribution in [-0.2, 0) is 21.7 Å². The number of nitrogens with zero attached hydrogens (tertiary/aromatic N) is 1. The molecule has 4 rings (SSSR count). The molecule has 1 heterocycles. The molecule has 3 aromatic rings. The predicted octanol–water partition coefficient (Wildman–Crippen LogP) is 4.78. The second-order valence-electron chi connectivity index (χ2n) is 9.15. The maximum atomic E-state index is 13.6. The van der Waals surface area contributed by atoms with Crippen molar-refractivity contribution < 1.29 is 23.8 Å². The van der Waals surface area contributed by atoms with E-state index < -0.39 is 11.6 Å². The Morgan fingerprint density at radius 3 is 2.53 bits per heavy atom. The molecule has 1 amide bonds. The van der Waals surface area contributed by atoms with Gasteiger partial charge in [0.2, 0.25) is 5.90 Å². The Labute approximate surface area is 227 Å². The summed E-state index contributed by atoms with van der Waals surface area (Å²) in [6, 6.07) is 23.7. The van der Waals surface area contributed by atoms with Crippen LogP contribution in [0.3, 0.4) is 0 Å². The monoisotopic (exact) mass is 536 g/mol. The van der Waals surface area contributed by atoms with Crippen LogP contribution < -0.4 is 10.1 Å². The van der Waals surface area contributed by atoms with Crippen LogP contribution in [0.2, 0.25) is 0 Å². The molecule has 1 aliphatic heterocycles. The van der Waals surface area contributed by atoms with Crippen LogP contribution in [0.4, 0.5) is 4.39 Å². The summed E-state index contributed by atoms with van der Waals surface area (Å²) >= 11 is 1.68. The zero-order chi connectivity index (χ0) is 26.8. The van der Waals surface area contributed by atoms with Crippen LogP contribution in [0.15, 0.2) is 83.9 Å². The third-order valence-electron chi connectivity index (χ3n) is 6.36. The topological polar surface area (TPSA) is 80.2 Å². The first kappa shape index (κ1) is 27.7. The van der Waals surface area contributed by atoms with Crippen molar-refractivity contribution in [2.24, 2.45) is 4.99 Å². The van der Waals surface area contributed by atoms with Gasteiger partial charge in [0.25, 0.3) is 5.91 Å². The van der Waals surface area contributed by atoms with Crippen molar-refractivity contribution in [2.45, 2.75) is 37.2 Å². The summed E-state index contributed by atoms with van der Waals surface area (Å²) in [6.45, 7) is 2.89. The molecule has 2 N–H and O–H groups in total. The molecule has 0 saturated carbocycles. The number of thioether (sulfide) groups is 1. The second-order valence-corrected chi connectivity index (χ2v) is 10.3. The Kier molecular flexibility index (Phi) is 9.79. The van der Waals surface area contributed by atoms with Gasteiger partial charge >= 0.3 is 0 Å². The first-order valence-electron chi connectivity index (χ1n) is 12.8. The van der Waals surface area contributed by atoms with E-state index in [0.29, 0.717) is 43.4 Å². The minimum absolute atomic E-state index is 0.0825. The van der Waals surface area contributed by atoms with E-state index in [4.69, 9.17) is 19.6 Å². The number of carbonyl (C=O) groups excluding carboxylic acids is 1. The zero-order valence-corrected chi connectivity index (χ0v) is 22.3. The molecule has 0 unspecified atom stereocenters. The van der Waals surface area contributed by atoms with Gasteiger partial charge in [0.1, 0.15) is 17.7 Å². The molecule has 8 heteroatoms. The fourth-order valence-electron chi connectivity index (χ4n) is 4.21. The molecule has 0 aromatic heterocycles. The second kappa shape index (κ2) is 13.4. The van der Waals surface area contributed by atoms with Gasteiger partial charge in [-0.15, -0.1) is 0 Å². The Morgan fingerprint density at radius 2 is 1.82 bits per heavy atom. The fraction of sp³-hybridized carbons (Fsp3) is 0.333. The van der Waals surface area contributed by atoms with Crippen LogP contribution in [0.5, 0.6) is 5.75 Å². The summed E-state index contributed by atoms with van der Waals surface area (Å²) in [5.41, 5.74) is 1.71. The van der Waals surface area contributed by atoms with E-state index in [0.717, 1.165) is 22.4 Å². The SMILES string of the molecule is C[C@H]1OC(c2ccc(OCCCO)cc2)=N[C@@]1(Cc1ccccc1)C(=O)NCCSCc1ccc(F)cc1. The Balaban J connectivity index is 1.44. The lowest BCUT2D eigenvalue weighted by Crippen LogP contribution is -2.52. The highest BCUT2D eigenvalue weighted by Crippen LogP contribution is 2.33. The largest absolute Gasteiger partial charge is 0.494 e. The highest BCUT2D eigenvalue weighted by molar-refractivity contribution is 7.98. The Bertz CT molecular complexity index is 1210. The fourth-order valence-corrected chi connectivity index (χ4v) is 5.03. The number of ether oxygens (including phenoxy) is 2. The number of aliphatic hydroxyl groups is 1. The summed E-state index contributed by atoms with van der Waals surface area (Å²) < 4.78 is 24.9. The number of rotatable bonds is 13. The van der Waals surface area contributed by atoms with Gasteiger partial charge in [-0.1, -0.05) is 42.5 Å². The van der Waals surface area contributed by atoms with Gasteiger partial charge in [-0.05, 0) is 54.4 Å². The Hall–Kier alpha value is -3.36. The molecule has 2 atom stereocenters. The molecule has 6 nitrogen and oxygen atoms in total. The highest BCUT2D eigenvalue weighted by atomic mass is 32.2. The normalized spacial score (nSPS) is 18.5. The van der Waals surface area contributed by atoms with E-state index >= 15 is 0 Å². The Morgan fingerprint density at radius 1 is 1.08 bits per heavy atom. The molecule has 0 aliphatic carbocycles. The number of halogens is 1. The average molecular weight is 537 g/mol. The number of amides is 1. The van der Waals surface area contributed by atoms with Crippen molar-refractivity contribution in [1.82, 2.24) is 5.32 Å². The standard InChI is InChI=1S/C30H33FN2O4S/c1-22-30(20-23-6-3-2-4-7-23,29(35)32-16-19-38-21-24-8-12-26(31)13-9-24)33-28(37-22)25-10-14-27(15-11-25)36-18-5-17-34/h2-4,6-15,22,34H,5,16-21H2,1H3,(H,32,35)/t22-,30-/m1/s1. The van der Waals surface area contributed by atoms with Gasteiger partial charge in [-0.25, -0.2) is 9.38 Å². The van der Waals surface area contributed by atoms with Crippen molar-refractivity contribution in [3.63, 3.8) is 0 Å². The van der Waals surface area contributed by atoms with Crippen molar-refractivity contribution in [3.05, 3.63) is 101 Å². The summed E-state index contributed by atoms with van der Waals surface area (Å²) in [6.07, 6.45) is 0.511. The highest BCUT2D eigenvalue weighted by Gasteiger charge is 2.50. The molecule has 0 saturated heterocycles. The smallest absolute Gasteiger partial charge is 0.252 e. The van der Waals surface area contributed by atoms with Gasteiger partial charge in [-0.2, -0.15) is 11.8 Å². The lowest BCUT2D eigenvalue weighted by atomic mass is 9.86. The van der Waals surface area contributed by atoms with Crippen molar-refractivity contribution >= 4 is 23.6 Å². The first-order chi connectivity index (χ1) is 18.5. The van der Waals surface area contributed by atoms with E-state index in [2.05, 4.69) is 5.32 Å². The van der Waals surface area contributed by atoms with Gasteiger partial charge < -0.3 is 19.9 Å². The molecule has 0 bridgehead atoms. The van der Waals surface area contributed by atoms with Crippen LogP contribution in [0, 0.1) is 5.82 Å². The molecular formula is C30H33FN2O4S. The maximum Gasteiger partial charge on any atom is 0.252 e. The summed E-state index contributed by atoms with van der Waals surface area (Å²) in [4.78, 5) is 18.5. The predicted molar refractivity (Wildman–Crippen MR) is 149 cm³/mol. The molecule has 0 fully saturated rings. The van der Waals surface area contributed by atoms with Crippen LogP contribution in [-0.4, -0.2) is 54.1 Å². The number of carbonyl (C=O) groups is 1. The third kappa shape index (κ3) is 7.14. The number of aliphatic hydroxyl groups excluding tert-OH is 1. The minimum Gasteiger partial charge on any atom is -0.494 e. The van der Waals surface area contributed by atoms with Gasteiger partial charge in [0, 0.05) is 43.1 Å². The lowest BCUT2D eigenvalue weighted by molar-refractivity contribution is -0.128. The molecule has 200 valence electrons. The molecule has 38 heavy (non-hydrogen) atoms. The molecular weight excluding hydrogens is 503 g/mol. The summed E-state index contributed by atoms with van der Waals surface area (Å²) in [5.74, 6) is 2.16. The van der Waals surface area contributed by atoms with E-state index in [1.54, 1.807) is 23.9 Å². The summed E-state index contributed by atoms with van der Waals surface area (Å²) in [5, 5.41) is 12.0. The van der Waals surface area contributed by atoms with E-state index in [1.807, 2.05) is 61.5 Å². The molecule has 0 radical (unpaired) electrons. The third-order valence-corrected chi connectivity index (χ3v) is 7.39. The van der Waals surface area contributed by atoms with E-state index in [1.165, 1.54) is 12.1 Å². The number of benzene rings is 3. The average Bonchev–Trinajstić information content (AvgIpc) is 3.27. The number of aliphatic imine (C=N–C) groups is 1. The molecule has 3 aromatic carbocycles. The van der Waals surface area contributed by atoms with Gasteiger partial charge in [-0.3, -0.25) is 4.79 Å². The van der Waals surface area contributed by atoms with Crippen molar-refractivity contribution in [3.8, 4) is 5.75 Å². The quantitative estimate of drug-likeness (QED) is 0.307. The van der Waals surface area contributed by atoms with Crippen molar-refractivity contribution in [2.75, 3.05) is 25.5 Å². The minimum atomic E-state index is -1.10. The van der Waals surface area contributed by atoms with Crippen LogP contribution in [0.1, 0.15) is 30.0 Å².